The molecule has 1 unspecified atom stereocenters. The van der Waals surface area contributed by atoms with Crippen molar-refractivity contribution < 1.29 is 9.59 Å². The van der Waals surface area contributed by atoms with Crippen molar-refractivity contribution in [2.45, 2.75) is 25.7 Å². The van der Waals surface area contributed by atoms with Crippen LogP contribution in [-0.4, -0.2) is 12.2 Å². The molecule has 1 N–H and O–H groups in total. The molecule has 1 heterocycles. The van der Waals surface area contributed by atoms with Crippen molar-refractivity contribution in [1.29, 1.82) is 0 Å². The Balaban J connectivity index is 2.39. The van der Waals surface area contributed by atoms with Gasteiger partial charge in [-0.1, -0.05) is 25.5 Å². The van der Waals surface area contributed by atoms with Crippen LogP contribution in [0.3, 0.4) is 0 Å². The van der Waals surface area contributed by atoms with Crippen molar-refractivity contribution in [3.63, 3.8) is 0 Å². The summed E-state index contributed by atoms with van der Waals surface area (Å²) in [5.74, 6) is -0.828. The highest BCUT2D eigenvalue weighted by atomic mass is 16.2. The number of amides is 1. The van der Waals surface area contributed by atoms with E-state index in [4.69, 9.17) is 0 Å². The second kappa shape index (κ2) is 3.85. The van der Waals surface area contributed by atoms with Crippen LogP contribution in [0.4, 0.5) is 5.69 Å². The minimum atomic E-state index is -0.614. The van der Waals surface area contributed by atoms with Crippen LogP contribution in [0.2, 0.25) is 0 Å². The number of anilines is 1. The SMILES string of the molecule is CCCc1ccc2c(c1)C(C=O)C(=O)N2. The van der Waals surface area contributed by atoms with E-state index < -0.39 is 5.92 Å². The first-order valence-corrected chi connectivity index (χ1v) is 5.15. The van der Waals surface area contributed by atoms with Gasteiger partial charge in [-0.15, -0.1) is 0 Å². The van der Waals surface area contributed by atoms with Crippen LogP contribution < -0.4 is 5.32 Å². The molecule has 0 aromatic heterocycles. The molecule has 1 atom stereocenters. The van der Waals surface area contributed by atoms with Gasteiger partial charge in [0.25, 0.3) is 0 Å². The zero-order valence-electron chi connectivity index (χ0n) is 8.62. The van der Waals surface area contributed by atoms with Crippen LogP contribution in [0.1, 0.15) is 30.4 Å². The predicted octanol–water partition coefficient (Wildman–Crippen LogP) is 1.87. The number of hydrogen-bond acceptors (Lipinski definition) is 2. The van der Waals surface area contributed by atoms with Crippen molar-refractivity contribution in [2.24, 2.45) is 0 Å². The van der Waals surface area contributed by atoms with Gasteiger partial charge in [0.05, 0.1) is 0 Å². The van der Waals surface area contributed by atoms with Gasteiger partial charge in [0.2, 0.25) is 5.91 Å². The van der Waals surface area contributed by atoms with Gasteiger partial charge < -0.3 is 10.1 Å². The molecule has 1 aromatic rings. The number of fused-ring (bicyclic) bond motifs is 1. The molecule has 1 aromatic carbocycles. The number of nitrogens with one attached hydrogen (secondary N) is 1. The normalized spacial score (nSPS) is 18.5. The van der Waals surface area contributed by atoms with E-state index in [1.54, 1.807) is 0 Å². The summed E-state index contributed by atoms with van der Waals surface area (Å²) >= 11 is 0. The first kappa shape index (κ1) is 9.90. The highest BCUT2D eigenvalue weighted by molar-refractivity contribution is 6.11. The Bertz CT molecular complexity index is 412. The van der Waals surface area contributed by atoms with Crippen molar-refractivity contribution >= 4 is 17.9 Å². The standard InChI is InChI=1S/C12H13NO2/c1-2-3-8-4-5-11-9(6-8)10(7-14)12(15)13-11/h4-7,10H,2-3H2,1H3,(H,13,15). The maximum Gasteiger partial charge on any atom is 0.239 e. The monoisotopic (exact) mass is 203 g/mol. The minimum absolute atomic E-state index is 0.214. The zero-order chi connectivity index (χ0) is 10.8. The molecule has 0 saturated heterocycles. The largest absolute Gasteiger partial charge is 0.325 e. The molecule has 78 valence electrons. The Labute approximate surface area is 88.5 Å². The van der Waals surface area contributed by atoms with Gasteiger partial charge in [-0.05, 0) is 23.6 Å². The third-order valence-electron chi connectivity index (χ3n) is 2.67. The highest BCUT2D eigenvalue weighted by Crippen LogP contribution is 2.32. The minimum Gasteiger partial charge on any atom is -0.325 e. The lowest BCUT2D eigenvalue weighted by molar-refractivity contribution is -0.121. The fraction of sp³-hybridized carbons (Fsp3) is 0.333. The lowest BCUT2D eigenvalue weighted by Gasteiger charge is -2.03. The highest BCUT2D eigenvalue weighted by Gasteiger charge is 2.29. The fourth-order valence-corrected chi connectivity index (χ4v) is 1.91. The fourth-order valence-electron chi connectivity index (χ4n) is 1.91. The number of aryl methyl sites for hydroxylation is 1. The molecule has 1 aliphatic heterocycles. The average Bonchev–Trinajstić information content (AvgIpc) is 2.53. The number of benzene rings is 1. The molecule has 0 bridgehead atoms. The molecule has 2 rings (SSSR count). The van der Waals surface area contributed by atoms with Crippen LogP contribution in [0.5, 0.6) is 0 Å². The van der Waals surface area contributed by atoms with Gasteiger partial charge in [0.1, 0.15) is 12.2 Å². The van der Waals surface area contributed by atoms with Crippen molar-refractivity contribution in [3.05, 3.63) is 29.3 Å². The summed E-state index contributed by atoms with van der Waals surface area (Å²) in [5, 5.41) is 2.70. The van der Waals surface area contributed by atoms with Crippen LogP contribution in [-0.2, 0) is 16.0 Å². The first-order chi connectivity index (χ1) is 7.26. The number of carbonyl (C=O) groups is 2. The Morgan fingerprint density at radius 1 is 1.47 bits per heavy atom. The van der Waals surface area contributed by atoms with Crippen molar-refractivity contribution in [2.75, 3.05) is 5.32 Å². The summed E-state index contributed by atoms with van der Waals surface area (Å²) in [6.07, 6.45) is 2.75. The summed E-state index contributed by atoms with van der Waals surface area (Å²) < 4.78 is 0. The van der Waals surface area contributed by atoms with Gasteiger partial charge >= 0.3 is 0 Å². The molecule has 0 radical (unpaired) electrons. The molecule has 0 saturated carbocycles. The van der Waals surface area contributed by atoms with E-state index in [1.807, 2.05) is 18.2 Å². The van der Waals surface area contributed by atoms with Crippen molar-refractivity contribution in [3.8, 4) is 0 Å². The molecule has 0 fully saturated rings. The Morgan fingerprint density at radius 3 is 2.93 bits per heavy atom. The molecule has 1 aliphatic rings. The van der Waals surface area contributed by atoms with Gasteiger partial charge in [0.15, 0.2) is 0 Å². The summed E-state index contributed by atoms with van der Waals surface area (Å²) in [6.45, 7) is 2.10. The van der Waals surface area contributed by atoms with E-state index in [2.05, 4.69) is 12.2 Å². The van der Waals surface area contributed by atoms with Gasteiger partial charge in [-0.3, -0.25) is 4.79 Å². The Kier molecular flexibility index (Phi) is 2.54. The number of rotatable bonds is 3. The average molecular weight is 203 g/mol. The second-order valence-corrected chi connectivity index (χ2v) is 3.77. The van der Waals surface area contributed by atoms with E-state index in [1.165, 1.54) is 5.56 Å². The quantitative estimate of drug-likeness (QED) is 0.602. The van der Waals surface area contributed by atoms with Crippen LogP contribution >= 0.6 is 0 Å². The molecule has 3 heteroatoms. The summed E-state index contributed by atoms with van der Waals surface area (Å²) in [7, 11) is 0. The van der Waals surface area contributed by atoms with Gasteiger partial charge in [0, 0.05) is 5.69 Å². The Hall–Kier alpha value is -1.64. The van der Waals surface area contributed by atoms with E-state index in [0.717, 1.165) is 24.1 Å². The van der Waals surface area contributed by atoms with E-state index >= 15 is 0 Å². The van der Waals surface area contributed by atoms with Gasteiger partial charge in [-0.25, -0.2) is 0 Å². The Morgan fingerprint density at radius 2 is 2.27 bits per heavy atom. The molecular formula is C12H13NO2. The third kappa shape index (κ3) is 1.65. The number of aldehydes is 1. The smallest absolute Gasteiger partial charge is 0.239 e. The van der Waals surface area contributed by atoms with Crippen LogP contribution in [0, 0.1) is 0 Å². The summed E-state index contributed by atoms with van der Waals surface area (Å²) in [4.78, 5) is 22.2. The van der Waals surface area contributed by atoms with E-state index in [9.17, 15) is 9.59 Å². The molecule has 0 aliphatic carbocycles. The van der Waals surface area contributed by atoms with Gasteiger partial charge in [-0.2, -0.15) is 0 Å². The lowest BCUT2D eigenvalue weighted by Crippen LogP contribution is -2.12. The van der Waals surface area contributed by atoms with E-state index in [0.29, 0.717) is 6.29 Å². The van der Waals surface area contributed by atoms with Crippen LogP contribution in [0.15, 0.2) is 18.2 Å². The molecule has 3 nitrogen and oxygen atoms in total. The third-order valence-corrected chi connectivity index (χ3v) is 2.67. The molecular weight excluding hydrogens is 190 g/mol. The maximum atomic E-state index is 11.4. The number of hydrogen-bond donors (Lipinski definition) is 1. The lowest BCUT2D eigenvalue weighted by atomic mass is 9.98. The predicted molar refractivity (Wildman–Crippen MR) is 57.9 cm³/mol. The zero-order valence-corrected chi connectivity index (χ0v) is 8.62. The summed E-state index contributed by atoms with van der Waals surface area (Å²) in [5.41, 5.74) is 2.78. The molecule has 15 heavy (non-hydrogen) atoms. The molecule has 0 spiro atoms. The maximum absolute atomic E-state index is 11.4. The van der Waals surface area contributed by atoms with Crippen LogP contribution in [0.25, 0.3) is 0 Å². The first-order valence-electron chi connectivity index (χ1n) is 5.15. The second-order valence-electron chi connectivity index (χ2n) is 3.77. The van der Waals surface area contributed by atoms with Crippen molar-refractivity contribution in [1.82, 2.24) is 0 Å². The topological polar surface area (TPSA) is 46.2 Å². The summed E-state index contributed by atoms with van der Waals surface area (Å²) in [6, 6.07) is 5.83. The van der Waals surface area contributed by atoms with E-state index in [-0.39, 0.29) is 5.91 Å². The number of carbonyl (C=O) groups excluding carboxylic acids is 2. The molecule has 1 amide bonds.